The van der Waals surface area contributed by atoms with Crippen LogP contribution in [0.5, 0.6) is 5.75 Å². The van der Waals surface area contributed by atoms with Gasteiger partial charge in [0.15, 0.2) is 5.96 Å². The lowest BCUT2D eigenvalue weighted by Gasteiger charge is -2.12. The van der Waals surface area contributed by atoms with Crippen molar-refractivity contribution in [3.8, 4) is 5.75 Å². The van der Waals surface area contributed by atoms with Gasteiger partial charge in [-0.2, -0.15) is 0 Å². The molecule has 23 heavy (non-hydrogen) atoms. The van der Waals surface area contributed by atoms with Crippen molar-refractivity contribution in [1.82, 2.24) is 10.6 Å². The number of aliphatic imine (C=N–C) groups is 1. The zero-order valence-electron chi connectivity index (χ0n) is 13.8. The van der Waals surface area contributed by atoms with Crippen molar-refractivity contribution < 1.29 is 4.74 Å². The summed E-state index contributed by atoms with van der Waals surface area (Å²) in [6.45, 7) is 4.45. The highest BCUT2D eigenvalue weighted by Crippen LogP contribution is 2.13. The minimum atomic E-state index is 0.717. The van der Waals surface area contributed by atoms with Crippen molar-refractivity contribution in [1.29, 1.82) is 0 Å². The lowest BCUT2D eigenvalue weighted by atomic mass is 10.2. The van der Waals surface area contributed by atoms with E-state index in [4.69, 9.17) is 4.74 Å². The van der Waals surface area contributed by atoms with Crippen molar-refractivity contribution in [2.75, 3.05) is 13.7 Å². The Morgan fingerprint density at radius 3 is 2.78 bits per heavy atom. The summed E-state index contributed by atoms with van der Waals surface area (Å²) in [5.74, 6) is 1.73. The van der Waals surface area contributed by atoms with Gasteiger partial charge in [-0.15, -0.1) is 11.3 Å². The Balaban J connectivity index is 1.80. The average molecular weight is 331 g/mol. The van der Waals surface area contributed by atoms with Crippen LogP contribution >= 0.6 is 11.3 Å². The molecule has 1 aromatic carbocycles. The molecule has 5 heteroatoms. The zero-order valence-corrected chi connectivity index (χ0v) is 14.7. The molecule has 2 rings (SSSR count). The summed E-state index contributed by atoms with van der Waals surface area (Å²) in [5.41, 5.74) is 1.18. The van der Waals surface area contributed by atoms with Crippen LogP contribution in [0.4, 0.5) is 0 Å². The van der Waals surface area contributed by atoms with Crippen LogP contribution < -0.4 is 15.4 Å². The molecule has 0 amide bonds. The molecule has 0 unspecified atom stereocenters. The number of nitrogens with zero attached hydrogens (tertiary/aromatic N) is 1. The Hall–Kier alpha value is -2.01. The molecule has 2 aromatic rings. The monoisotopic (exact) mass is 331 g/mol. The van der Waals surface area contributed by atoms with Crippen LogP contribution in [0.3, 0.4) is 0 Å². The minimum absolute atomic E-state index is 0.717. The van der Waals surface area contributed by atoms with E-state index in [2.05, 4.69) is 52.2 Å². The average Bonchev–Trinajstić information content (AvgIpc) is 3.09. The molecule has 0 bridgehead atoms. The van der Waals surface area contributed by atoms with Gasteiger partial charge in [0.2, 0.25) is 0 Å². The van der Waals surface area contributed by atoms with Gasteiger partial charge in [0, 0.05) is 18.5 Å². The van der Waals surface area contributed by atoms with Gasteiger partial charge in [-0.05, 0) is 35.6 Å². The van der Waals surface area contributed by atoms with Crippen molar-refractivity contribution in [2.24, 2.45) is 4.99 Å². The van der Waals surface area contributed by atoms with E-state index in [1.54, 1.807) is 18.4 Å². The van der Waals surface area contributed by atoms with Gasteiger partial charge in [-0.3, -0.25) is 4.99 Å². The maximum atomic E-state index is 5.74. The third-order valence-corrected chi connectivity index (χ3v) is 4.24. The number of ether oxygens (including phenoxy) is 1. The van der Waals surface area contributed by atoms with Crippen LogP contribution in [0.15, 0.2) is 46.8 Å². The predicted molar refractivity (Wildman–Crippen MR) is 98.2 cm³/mol. The van der Waals surface area contributed by atoms with Gasteiger partial charge in [0.25, 0.3) is 0 Å². The summed E-state index contributed by atoms with van der Waals surface area (Å²) < 4.78 is 5.74. The van der Waals surface area contributed by atoms with Crippen LogP contribution in [0.1, 0.15) is 30.2 Å². The van der Waals surface area contributed by atoms with Gasteiger partial charge in [0.1, 0.15) is 5.75 Å². The lowest BCUT2D eigenvalue weighted by Crippen LogP contribution is -2.36. The fourth-order valence-electron chi connectivity index (χ4n) is 2.07. The second-order valence-electron chi connectivity index (χ2n) is 5.21. The molecule has 0 saturated carbocycles. The van der Waals surface area contributed by atoms with Crippen LogP contribution in [-0.4, -0.2) is 19.6 Å². The van der Waals surface area contributed by atoms with E-state index in [1.807, 2.05) is 12.1 Å². The highest BCUT2D eigenvalue weighted by molar-refractivity contribution is 7.09. The fraction of sp³-hybridized carbons (Fsp3) is 0.389. The minimum Gasteiger partial charge on any atom is -0.494 e. The lowest BCUT2D eigenvalue weighted by molar-refractivity contribution is 0.309. The molecule has 124 valence electrons. The number of thiophene rings is 1. The van der Waals surface area contributed by atoms with Crippen molar-refractivity contribution >= 4 is 17.3 Å². The molecule has 0 aliphatic carbocycles. The van der Waals surface area contributed by atoms with Crippen molar-refractivity contribution in [3.63, 3.8) is 0 Å². The van der Waals surface area contributed by atoms with Crippen molar-refractivity contribution in [2.45, 2.75) is 32.9 Å². The number of benzene rings is 1. The number of hydrogen-bond acceptors (Lipinski definition) is 3. The van der Waals surface area contributed by atoms with Gasteiger partial charge in [0.05, 0.1) is 13.2 Å². The van der Waals surface area contributed by atoms with Gasteiger partial charge in [-0.25, -0.2) is 0 Å². The van der Waals surface area contributed by atoms with E-state index in [0.717, 1.165) is 44.2 Å². The first-order valence-electron chi connectivity index (χ1n) is 8.00. The van der Waals surface area contributed by atoms with Crippen LogP contribution in [0.25, 0.3) is 0 Å². The van der Waals surface area contributed by atoms with Crippen LogP contribution in [0, 0.1) is 0 Å². The number of guanidine groups is 1. The highest BCUT2D eigenvalue weighted by Gasteiger charge is 2.01. The summed E-state index contributed by atoms with van der Waals surface area (Å²) in [6.07, 6.45) is 2.23. The first-order valence-corrected chi connectivity index (χ1v) is 8.88. The quantitative estimate of drug-likeness (QED) is 0.439. The summed E-state index contributed by atoms with van der Waals surface area (Å²) in [4.78, 5) is 5.54. The first kappa shape index (κ1) is 17.3. The number of hydrogen-bond donors (Lipinski definition) is 2. The molecule has 0 radical (unpaired) electrons. The Kier molecular flexibility index (Phi) is 7.46. The smallest absolute Gasteiger partial charge is 0.191 e. The molecule has 1 heterocycles. The van der Waals surface area contributed by atoms with E-state index >= 15 is 0 Å². The van der Waals surface area contributed by atoms with Crippen LogP contribution in [0.2, 0.25) is 0 Å². The number of unbranched alkanes of at least 4 members (excludes halogenated alkanes) is 1. The molecule has 0 aliphatic rings. The van der Waals surface area contributed by atoms with E-state index < -0.39 is 0 Å². The standard InChI is InChI=1S/C18H25N3OS/c1-3-4-10-22-16-8-5-7-15(12-16)13-20-18(19-2)21-14-17-9-6-11-23-17/h5-9,11-12H,3-4,10,13-14H2,1-2H3,(H2,19,20,21). The van der Waals surface area contributed by atoms with Gasteiger partial charge in [-0.1, -0.05) is 31.5 Å². The third-order valence-electron chi connectivity index (χ3n) is 3.36. The van der Waals surface area contributed by atoms with E-state index in [1.165, 1.54) is 10.4 Å². The molecular weight excluding hydrogens is 306 g/mol. The molecule has 0 fully saturated rings. The molecule has 0 saturated heterocycles. The Morgan fingerprint density at radius 1 is 1.17 bits per heavy atom. The molecule has 0 spiro atoms. The summed E-state index contributed by atoms with van der Waals surface area (Å²) in [6, 6.07) is 12.4. The maximum Gasteiger partial charge on any atom is 0.191 e. The second kappa shape index (κ2) is 9.90. The zero-order chi connectivity index (χ0) is 16.3. The second-order valence-corrected chi connectivity index (χ2v) is 6.24. The maximum absolute atomic E-state index is 5.74. The third kappa shape index (κ3) is 6.32. The van der Waals surface area contributed by atoms with E-state index in [-0.39, 0.29) is 0 Å². The van der Waals surface area contributed by atoms with Gasteiger partial charge < -0.3 is 15.4 Å². The SMILES string of the molecule is CCCCOc1cccc(CNC(=NC)NCc2cccs2)c1. The molecule has 0 atom stereocenters. The Bertz CT molecular complexity index is 596. The summed E-state index contributed by atoms with van der Waals surface area (Å²) >= 11 is 1.74. The molecule has 2 N–H and O–H groups in total. The van der Waals surface area contributed by atoms with E-state index in [9.17, 15) is 0 Å². The van der Waals surface area contributed by atoms with Crippen LogP contribution in [-0.2, 0) is 13.1 Å². The topological polar surface area (TPSA) is 45.6 Å². The number of nitrogens with one attached hydrogen (secondary N) is 2. The first-order chi connectivity index (χ1) is 11.3. The summed E-state index contributed by atoms with van der Waals surface area (Å²) in [5, 5.41) is 8.73. The molecule has 0 aliphatic heterocycles. The summed E-state index contributed by atoms with van der Waals surface area (Å²) in [7, 11) is 1.79. The normalized spacial score (nSPS) is 11.3. The molecular formula is C18H25N3OS. The predicted octanol–water partition coefficient (Wildman–Crippen LogP) is 3.79. The van der Waals surface area contributed by atoms with Gasteiger partial charge >= 0.3 is 0 Å². The Labute approximate surface area is 142 Å². The number of rotatable bonds is 8. The van der Waals surface area contributed by atoms with E-state index in [0.29, 0.717) is 0 Å². The largest absolute Gasteiger partial charge is 0.494 e. The molecule has 4 nitrogen and oxygen atoms in total. The Morgan fingerprint density at radius 2 is 2.04 bits per heavy atom. The van der Waals surface area contributed by atoms with Crippen molar-refractivity contribution in [3.05, 3.63) is 52.2 Å². The highest BCUT2D eigenvalue weighted by atomic mass is 32.1. The fourth-order valence-corrected chi connectivity index (χ4v) is 2.71. The molecule has 1 aromatic heterocycles.